The first kappa shape index (κ1) is 11.7. The van der Waals surface area contributed by atoms with Crippen molar-refractivity contribution in [2.75, 3.05) is 0 Å². The molecule has 2 aromatic rings. The van der Waals surface area contributed by atoms with Gasteiger partial charge in [-0.05, 0) is 12.1 Å². The van der Waals surface area contributed by atoms with Crippen molar-refractivity contribution in [1.82, 2.24) is 4.57 Å². The zero-order valence-electron chi connectivity index (χ0n) is 8.22. The monoisotopic (exact) mass is 270 g/mol. The highest BCUT2D eigenvalue weighted by atomic mass is 79.9. The summed E-state index contributed by atoms with van der Waals surface area (Å²) in [6.45, 7) is 0.00134. The third kappa shape index (κ3) is 2.18. The number of aryl methyl sites for hydroxylation is 1. The zero-order chi connectivity index (χ0) is 10.1. The van der Waals surface area contributed by atoms with Gasteiger partial charge in [-0.2, -0.15) is 0 Å². The standard InChI is InChI=1S/C10H10N2O2.BrH/c1-11-7-12(6-10(13)14)9-5-3-2-4-8(9)11;/h2-5,7H,6H2,1H3;1H. The van der Waals surface area contributed by atoms with E-state index in [-0.39, 0.29) is 23.5 Å². The second kappa shape index (κ2) is 4.44. The van der Waals surface area contributed by atoms with E-state index in [1.165, 1.54) is 0 Å². The number of carboxylic acids is 1. The summed E-state index contributed by atoms with van der Waals surface area (Å²) in [4.78, 5) is 10.6. The molecule has 0 fully saturated rings. The Morgan fingerprint density at radius 1 is 1.47 bits per heavy atom. The molecule has 0 saturated carbocycles. The number of imidazole rings is 1. The Bertz CT molecular complexity index is 493. The van der Waals surface area contributed by atoms with Gasteiger partial charge >= 0.3 is 5.97 Å². The average molecular weight is 271 g/mol. The van der Waals surface area contributed by atoms with Crippen molar-refractivity contribution < 1.29 is 31.4 Å². The smallest absolute Gasteiger partial charge is 0.346 e. The number of nitrogens with zero attached hydrogens (tertiary/aromatic N) is 2. The lowest BCUT2D eigenvalue weighted by Crippen LogP contribution is -3.00. The highest BCUT2D eigenvalue weighted by molar-refractivity contribution is 5.74. The molecular formula is C10H11BrN2O2. The minimum absolute atomic E-state index is 0. The molecule has 5 heteroatoms. The first-order chi connectivity index (χ1) is 6.68. The minimum Gasteiger partial charge on any atom is -1.00 e. The topological polar surface area (TPSA) is 46.1 Å². The molecule has 0 atom stereocenters. The predicted molar refractivity (Wildman–Crippen MR) is 50.7 cm³/mol. The van der Waals surface area contributed by atoms with E-state index in [9.17, 15) is 4.79 Å². The lowest BCUT2D eigenvalue weighted by Gasteiger charge is -1.90. The summed E-state index contributed by atoms with van der Waals surface area (Å²) >= 11 is 0. The molecule has 0 bridgehead atoms. The van der Waals surface area contributed by atoms with Crippen molar-refractivity contribution in [3.63, 3.8) is 0 Å². The summed E-state index contributed by atoms with van der Waals surface area (Å²) < 4.78 is 3.63. The number of carboxylic acid groups (broad SMARTS) is 1. The van der Waals surface area contributed by atoms with E-state index in [0.717, 1.165) is 11.0 Å². The fourth-order valence-corrected chi connectivity index (χ4v) is 1.61. The summed E-state index contributed by atoms with van der Waals surface area (Å²) in [6, 6.07) is 7.72. The lowest BCUT2D eigenvalue weighted by atomic mass is 10.3. The number of aromatic nitrogens is 2. The number of hydrogen-bond donors (Lipinski definition) is 1. The summed E-state index contributed by atoms with van der Waals surface area (Å²) in [6.07, 6.45) is 1.79. The molecule has 4 nitrogen and oxygen atoms in total. The molecule has 0 saturated heterocycles. The molecule has 15 heavy (non-hydrogen) atoms. The van der Waals surface area contributed by atoms with Crippen LogP contribution >= 0.6 is 0 Å². The SMILES string of the molecule is C[n+]1cn(CC(=O)O)c2ccccc21.[Br-]. The summed E-state index contributed by atoms with van der Waals surface area (Å²) in [7, 11) is 1.90. The molecule has 0 amide bonds. The van der Waals surface area contributed by atoms with Gasteiger partial charge in [-0.25, -0.2) is 13.9 Å². The third-order valence-electron chi connectivity index (χ3n) is 2.19. The van der Waals surface area contributed by atoms with Gasteiger partial charge < -0.3 is 22.1 Å². The molecule has 0 radical (unpaired) electrons. The van der Waals surface area contributed by atoms with E-state index >= 15 is 0 Å². The van der Waals surface area contributed by atoms with Gasteiger partial charge in [0.1, 0.15) is 0 Å². The van der Waals surface area contributed by atoms with Gasteiger partial charge in [-0.3, -0.25) is 0 Å². The van der Waals surface area contributed by atoms with Crippen LogP contribution in [-0.2, 0) is 18.4 Å². The van der Waals surface area contributed by atoms with Crippen LogP contribution in [0.2, 0.25) is 0 Å². The minimum atomic E-state index is -0.827. The van der Waals surface area contributed by atoms with E-state index in [4.69, 9.17) is 5.11 Å². The maximum atomic E-state index is 10.6. The number of halogens is 1. The van der Waals surface area contributed by atoms with Gasteiger partial charge in [-0.15, -0.1) is 0 Å². The van der Waals surface area contributed by atoms with Crippen molar-refractivity contribution in [1.29, 1.82) is 0 Å². The Labute approximate surface area is 97.5 Å². The Balaban J connectivity index is 0.00000112. The summed E-state index contributed by atoms with van der Waals surface area (Å²) in [5, 5.41) is 8.71. The molecule has 1 aromatic heterocycles. The highest BCUT2D eigenvalue weighted by Crippen LogP contribution is 2.09. The second-order valence-electron chi connectivity index (χ2n) is 3.24. The molecule has 1 aromatic carbocycles. The maximum Gasteiger partial charge on any atom is 0.346 e. The van der Waals surface area contributed by atoms with Gasteiger partial charge in [0.15, 0.2) is 17.6 Å². The van der Waals surface area contributed by atoms with Crippen LogP contribution in [0.25, 0.3) is 11.0 Å². The molecule has 0 aliphatic rings. The fourth-order valence-electron chi connectivity index (χ4n) is 1.61. The van der Waals surface area contributed by atoms with Crippen LogP contribution < -0.4 is 21.5 Å². The zero-order valence-corrected chi connectivity index (χ0v) is 9.81. The van der Waals surface area contributed by atoms with Crippen LogP contribution in [0.4, 0.5) is 0 Å². The number of fused-ring (bicyclic) bond motifs is 1. The fraction of sp³-hybridized carbons (Fsp3) is 0.200. The van der Waals surface area contributed by atoms with E-state index < -0.39 is 5.97 Å². The second-order valence-corrected chi connectivity index (χ2v) is 3.24. The molecule has 1 heterocycles. The van der Waals surface area contributed by atoms with Crippen LogP contribution in [0.1, 0.15) is 0 Å². The lowest BCUT2D eigenvalue weighted by molar-refractivity contribution is -0.645. The summed E-state index contributed by atoms with van der Waals surface area (Å²) in [5.41, 5.74) is 1.98. The van der Waals surface area contributed by atoms with E-state index in [1.807, 2.05) is 35.9 Å². The molecule has 0 spiro atoms. The molecule has 80 valence electrons. The van der Waals surface area contributed by atoms with Crippen LogP contribution in [0.3, 0.4) is 0 Å². The molecular weight excluding hydrogens is 260 g/mol. The van der Waals surface area contributed by atoms with Crippen LogP contribution in [-0.4, -0.2) is 15.6 Å². The molecule has 0 aliphatic carbocycles. The van der Waals surface area contributed by atoms with Crippen molar-refractivity contribution in [2.24, 2.45) is 7.05 Å². The number of para-hydroxylation sites is 2. The largest absolute Gasteiger partial charge is 1.00 e. The first-order valence-electron chi connectivity index (χ1n) is 4.34. The highest BCUT2D eigenvalue weighted by Gasteiger charge is 2.14. The van der Waals surface area contributed by atoms with E-state index in [0.29, 0.717) is 0 Å². The Morgan fingerprint density at radius 2 is 2.13 bits per heavy atom. The van der Waals surface area contributed by atoms with Gasteiger partial charge in [0.2, 0.25) is 6.33 Å². The Kier molecular flexibility index (Phi) is 3.47. The third-order valence-corrected chi connectivity index (χ3v) is 2.19. The quantitative estimate of drug-likeness (QED) is 0.617. The first-order valence-corrected chi connectivity index (χ1v) is 4.34. The molecule has 1 N–H and O–H groups in total. The number of carbonyl (C=O) groups is 1. The van der Waals surface area contributed by atoms with E-state index in [1.54, 1.807) is 10.9 Å². The maximum absolute atomic E-state index is 10.6. The Morgan fingerprint density at radius 3 is 2.80 bits per heavy atom. The van der Waals surface area contributed by atoms with Gasteiger partial charge in [0.05, 0.1) is 7.05 Å². The number of hydrogen-bond acceptors (Lipinski definition) is 1. The Hall–Kier alpha value is -1.36. The molecule has 2 rings (SSSR count). The average Bonchev–Trinajstić information content (AvgIpc) is 2.44. The van der Waals surface area contributed by atoms with Crippen molar-refractivity contribution >= 4 is 17.0 Å². The predicted octanol–water partition coefficient (Wildman–Crippen LogP) is -2.45. The summed E-state index contributed by atoms with van der Waals surface area (Å²) in [5.74, 6) is -0.827. The van der Waals surface area contributed by atoms with E-state index in [2.05, 4.69) is 0 Å². The van der Waals surface area contributed by atoms with Crippen molar-refractivity contribution in [2.45, 2.75) is 6.54 Å². The van der Waals surface area contributed by atoms with Gasteiger partial charge in [0.25, 0.3) is 0 Å². The van der Waals surface area contributed by atoms with Crippen LogP contribution in [0.15, 0.2) is 30.6 Å². The normalized spacial score (nSPS) is 9.93. The van der Waals surface area contributed by atoms with Crippen LogP contribution in [0.5, 0.6) is 0 Å². The van der Waals surface area contributed by atoms with Gasteiger partial charge in [0, 0.05) is 0 Å². The van der Waals surface area contributed by atoms with Gasteiger partial charge in [-0.1, -0.05) is 12.1 Å². The number of aliphatic carboxylic acids is 1. The molecule has 0 unspecified atom stereocenters. The molecule has 0 aliphatic heterocycles. The van der Waals surface area contributed by atoms with Crippen molar-refractivity contribution in [3.05, 3.63) is 30.6 Å². The van der Waals surface area contributed by atoms with Crippen LogP contribution in [0, 0.1) is 0 Å². The number of benzene rings is 1. The van der Waals surface area contributed by atoms with Crippen molar-refractivity contribution in [3.8, 4) is 0 Å². The number of rotatable bonds is 2.